The number of amides is 1. The van der Waals surface area contributed by atoms with Gasteiger partial charge in [0.1, 0.15) is 5.82 Å². The van der Waals surface area contributed by atoms with Crippen LogP contribution in [0.4, 0.5) is 4.39 Å². The summed E-state index contributed by atoms with van der Waals surface area (Å²) in [6.45, 7) is 0.761. The SMILES string of the molecule is O=C1NCCC[C@@H]1N[C@H]1CCc2c(F)ccc(Br)c21. The van der Waals surface area contributed by atoms with Crippen LogP contribution in [-0.2, 0) is 11.2 Å². The number of carbonyl (C=O) groups is 1. The van der Waals surface area contributed by atoms with E-state index in [4.69, 9.17) is 0 Å². The second kappa shape index (κ2) is 5.21. The summed E-state index contributed by atoms with van der Waals surface area (Å²) < 4.78 is 14.7. The molecular formula is C14H16BrFN2O. The van der Waals surface area contributed by atoms with Crippen molar-refractivity contribution < 1.29 is 9.18 Å². The molecule has 1 aromatic rings. The van der Waals surface area contributed by atoms with Crippen LogP contribution in [-0.4, -0.2) is 18.5 Å². The molecule has 0 saturated carbocycles. The van der Waals surface area contributed by atoms with Gasteiger partial charge in [0.15, 0.2) is 0 Å². The average Bonchev–Trinajstić information content (AvgIpc) is 2.82. The van der Waals surface area contributed by atoms with Crippen molar-refractivity contribution >= 4 is 21.8 Å². The number of rotatable bonds is 2. The number of hydrogen-bond acceptors (Lipinski definition) is 2. The highest BCUT2D eigenvalue weighted by Crippen LogP contribution is 2.38. The van der Waals surface area contributed by atoms with Crippen molar-refractivity contribution in [1.82, 2.24) is 10.6 Å². The van der Waals surface area contributed by atoms with Gasteiger partial charge in [-0.2, -0.15) is 0 Å². The topological polar surface area (TPSA) is 41.1 Å². The van der Waals surface area contributed by atoms with Gasteiger partial charge in [0.2, 0.25) is 5.91 Å². The molecule has 1 amide bonds. The molecule has 0 aromatic heterocycles. The molecule has 0 unspecified atom stereocenters. The molecule has 3 rings (SSSR count). The summed E-state index contributed by atoms with van der Waals surface area (Å²) >= 11 is 3.49. The fraction of sp³-hybridized carbons (Fsp3) is 0.500. The molecule has 1 aliphatic carbocycles. The summed E-state index contributed by atoms with van der Waals surface area (Å²) in [5.74, 6) is -0.0807. The van der Waals surface area contributed by atoms with Gasteiger partial charge in [0.05, 0.1) is 6.04 Å². The molecule has 0 radical (unpaired) electrons. The first-order valence-electron chi connectivity index (χ1n) is 6.67. The summed E-state index contributed by atoms with van der Waals surface area (Å²) in [7, 11) is 0. The molecule has 1 aromatic carbocycles. The smallest absolute Gasteiger partial charge is 0.237 e. The lowest BCUT2D eigenvalue weighted by atomic mass is 10.0. The second-order valence-corrected chi connectivity index (χ2v) is 6.02. The van der Waals surface area contributed by atoms with Gasteiger partial charge in [-0.1, -0.05) is 15.9 Å². The summed E-state index contributed by atoms with van der Waals surface area (Å²) in [4.78, 5) is 11.8. The van der Waals surface area contributed by atoms with Gasteiger partial charge in [0, 0.05) is 17.1 Å². The van der Waals surface area contributed by atoms with Crippen LogP contribution < -0.4 is 10.6 Å². The predicted octanol–water partition coefficient (Wildman–Crippen LogP) is 2.44. The van der Waals surface area contributed by atoms with E-state index >= 15 is 0 Å². The highest BCUT2D eigenvalue weighted by molar-refractivity contribution is 9.10. The third kappa shape index (κ3) is 2.41. The fourth-order valence-corrected chi connectivity index (χ4v) is 3.66. The van der Waals surface area contributed by atoms with Gasteiger partial charge < -0.3 is 5.32 Å². The summed E-state index contributed by atoms with van der Waals surface area (Å²) in [5, 5.41) is 6.25. The third-order valence-electron chi connectivity index (χ3n) is 3.97. The van der Waals surface area contributed by atoms with Crippen molar-refractivity contribution in [2.45, 2.75) is 37.8 Å². The minimum Gasteiger partial charge on any atom is -0.355 e. The molecule has 0 spiro atoms. The van der Waals surface area contributed by atoms with Gasteiger partial charge >= 0.3 is 0 Å². The van der Waals surface area contributed by atoms with Crippen LogP contribution in [0.1, 0.15) is 36.4 Å². The van der Waals surface area contributed by atoms with Crippen LogP contribution in [0, 0.1) is 5.82 Å². The van der Waals surface area contributed by atoms with Gasteiger partial charge in [-0.25, -0.2) is 4.39 Å². The van der Waals surface area contributed by atoms with Gasteiger partial charge in [-0.3, -0.25) is 10.1 Å². The Kier molecular flexibility index (Phi) is 3.58. The van der Waals surface area contributed by atoms with E-state index in [-0.39, 0.29) is 23.8 Å². The van der Waals surface area contributed by atoms with E-state index in [2.05, 4.69) is 26.6 Å². The first-order chi connectivity index (χ1) is 9.16. The Labute approximate surface area is 120 Å². The van der Waals surface area contributed by atoms with E-state index in [0.717, 1.165) is 47.8 Å². The molecule has 2 N–H and O–H groups in total. The Morgan fingerprint density at radius 3 is 2.95 bits per heavy atom. The molecule has 1 aliphatic heterocycles. The molecule has 1 fully saturated rings. The normalized spacial score (nSPS) is 26.1. The zero-order valence-electron chi connectivity index (χ0n) is 10.5. The first kappa shape index (κ1) is 13.1. The molecular weight excluding hydrogens is 311 g/mol. The highest BCUT2D eigenvalue weighted by atomic mass is 79.9. The van der Waals surface area contributed by atoms with Crippen molar-refractivity contribution in [1.29, 1.82) is 0 Å². The van der Waals surface area contributed by atoms with Crippen LogP contribution >= 0.6 is 15.9 Å². The molecule has 1 saturated heterocycles. The number of piperidine rings is 1. The maximum absolute atomic E-state index is 13.8. The first-order valence-corrected chi connectivity index (χ1v) is 7.46. The molecule has 1 heterocycles. The van der Waals surface area contributed by atoms with Crippen LogP contribution in [0.25, 0.3) is 0 Å². The van der Waals surface area contributed by atoms with Gasteiger partial charge in [-0.15, -0.1) is 0 Å². The molecule has 3 nitrogen and oxygen atoms in total. The van der Waals surface area contributed by atoms with Crippen molar-refractivity contribution in [2.75, 3.05) is 6.54 Å². The third-order valence-corrected chi connectivity index (χ3v) is 4.66. The minimum absolute atomic E-state index is 0.0622. The van der Waals surface area contributed by atoms with Crippen molar-refractivity contribution in [3.63, 3.8) is 0 Å². The second-order valence-electron chi connectivity index (χ2n) is 5.17. The van der Waals surface area contributed by atoms with Crippen molar-refractivity contribution in [3.8, 4) is 0 Å². The molecule has 5 heteroatoms. The molecule has 2 atom stereocenters. The van der Waals surface area contributed by atoms with E-state index in [1.54, 1.807) is 6.07 Å². The molecule has 2 aliphatic rings. The highest BCUT2D eigenvalue weighted by Gasteiger charge is 2.31. The van der Waals surface area contributed by atoms with Gasteiger partial charge in [-0.05, 0) is 48.9 Å². The standard InChI is InChI=1S/C14H16BrFN2O/c15-9-4-5-10(16)8-3-6-11(13(8)9)18-12-2-1-7-17-14(12)19/h4-5,11-12,18H,1-3,6-7H2,(H,17,19)/t11-,12-/m0/s1. The molecule has 0 bridgehead atoms. The van der Waals surface area contributed by atoms with Crippen molar-refractivity contribution in [2.24, 2.45) is 0 Å². The average molecular weight is 327 g/mol. The predicted molar refractivity (Wildman–Crippen MR) is 74.3 cm³/mol. The number of benzene rings is 1. The van der Waals surface area contributed by atoms with E-state index in [0.29, 0.717) is 0 Å². The monoisotopic (exact) mass is 326 g/mol. The van der Waals surface area contributed by atoms with E-state index in [1.165, 1.54) is 6.07 Å². The van der Waals surface area contributed by atoms with E-state index < -0.39 is 0 Å². The van der Waals surface area contributed by atoms with E-state index in [1.807, 2.05) is 0 Å². The minimum atomic E-state index is -0.153. The lowest BCUT2D eigenvalue weighted by molar-refractivity contribution is -0.124. The van der Waals surface area contributed by atoms with E-state index in [9.17, 15) is 9.18 Å². The number of halogens is 2. The maximum atomic E-state index is 13.8. The number of nitrogens with one attached hydrogen (secondary N) is 2. The Morgan fingerprint density at radius 1 is 1.32 bits per heavy atom. The summed E-state index contributed by atoms with van der Waals surface area (Å²) in [5.41, 5.74) is 1.77. The lowest BCUT2D eigenvalue weighted by Crippen LogP contribution is -2.49. The summed E-state index contributed by atoms with van der Waals surface area (Å²) in [6, 6.07) is 3.15. The Hall–Kier alpha value is -0.940. The summed E-state index contributed by atoms with van der Waals surface area (Å²) in [6.07, 6.45) is 3.42. The van der Waals surface area contributed by atoms with Crippen LogP contribution in [0.3, 0.4) is 0 Å². The van der Waals surface area contributed by atoms with Crippen LogP contribution in [0.2, 0.25) is 0 Å². The number of fused-ring (bicyclic) bond motifs is 1. The Balaban J connectivity index is 1.82. The zero-order chi connectivity index (χ0) is 13.4. The van der Waals surface area contributed by atoms with Gasteiger partial charge in [0.25, 0.3) is 0 Å². The quantitative estimate of drug-likeness (QED) is 0.876. The van der Waals surface area contributed by atoms with Crippen LogP contribution in [0.15, 0.2) is 16.6 Å². The fourth-order valence-electron chi connectivity index (χ4n) is 3.01. The van der Waals surface area contributed by atoms with Crippen LogP contribution in [0.5, 0.6) is 0 Å². The number of carbonyl (C=O) groups excluding carboxylic acids is 1. The zero-order valence-corrected chi connectivity index (χ0v) is 12.1. The maximum Gasteiger partial charge on any atom is 0.237 e. The molecule has 19 heavy (non-hydrogen) atoms. The lowest BCUT2D eigenvalue weighted by Gasteiger charge is -2.26. The van der Waals surface area contributed by atoms with Crippen molar-refractivity contribution in [3.05, 3.63) is 33.5 Å². The Morgan fingerprint density at radius 2 is 2.16 bits per heavy atom. The number of hydrogen-bond donors (Lipinski definition) is 2. The Bertz CT molecular complexity index is 520. The molecule has 102 valence electrons. The largest absolute Gasteiger partial charge is 0.355 e.